The molecule has 0 bridgehead atoms. The van der Waals surface area contributed by atoms with E-state index in [0.717, 1.165) is 35.7 Å². The third-order valence-corrected chi connectivity index (χ3v) is 6.91. The summed E-state index contributed by atoms with van der Waals surface area (Å²) in [5.74, 6) is -0.520. The van der Waals surface area contributed by atoms with Crippen molar-refractivity contribution in [1.82, 2.24) is 0 Å². The molecule has 4 nitrogen and oxygen atoms in total. The monoisotopic (exact) mass is 488 g/mol. The van der Waals surface area contributed by atoms with E-state index < -0.39 is 0 Å². The highest BCUT2D eigenvalue weighted by atomic mass is 79.9. The highest BCUT2D eigenvalue weighted by molar-refractivity contribution is 9.10. The molecule has 0 saturated carbocycles. The lowest BCUT2D eigenvalue weighted by Crippen LogP contribution is -2.18. The molecule has 0 atom stereocenters. The van der Waals surface area contributed by atoms with Crippen molar-refractivity contribution in [3.8, 4) is 0 Å². The number of aryl methyl sites for hydroxylation is 1. The van der Waals surface area contributed by atoms with Gasteiger partial charge in [-0.25, -0.2) is 0 Å². The molecule has 148 valence electrons. The van der Waals surface area contributed by atoms with Gasteiger partial charge >= 0.3 is 0 Å². The van der Waals surface area contributed by atoms with Crippen LogP contribution in [0.4, 0.5) is 10.7 Å². The Kier molecular flexibility index (Phi) is 6.04. The number of hydrogen-bond acceptors (Lipinski definition) is 3. The van der Waals surface area contributed by atoms with E-state index >= 15 is 0 Å². The predicted molar refractivity (Wildman–Crippen MR) is 122 cm³/mol. The van der Waals surface area contributed by atoms with Gasteiger partial charge in [0.15, 0.2) is 0 Å². The Morgan fingerprint density at radius 2 is 1.66 bits per heavy atom. The molecule has 2 aromatic carbocycles. The van der Waals surface area contributed by atoms with Crippen molar-refractivity contribution >= 4 is 61.4 Å². The Morgan fingerprint density at radius 1 is 0.931 bits per heavy atom. The fraction of sp³-hybridized carbons (Fsp3) is 0.182. The minimum absolute atomic E-state index is 0.207. The minimum Gasteiger partial charge on any atom is -0.322 e. The van der Waals surface area contributed by atoms with Crippen LogP contribution in [0.15, 0.2) is 53.0 Å². The number of carbonyl (C=O) groups excluding carboxylic acids is 2. The Balaban J connectivity index is 1.66. The molecule has 2 N–H and O–H groups in total. The van der Waals surface area contributed by atoms with E-state index in [1.165, 1.54) is 16.2 Å². The fourth-order valence-electron chi connectivity index (χ4n) is 3.44. The van der Waals surface area contributed by atoms with Crippen molar-refractivity contribution in [2.75, 3.05) is 10.6 Å². The number of fused-ring (bicyclic) bond motifs is 1. The van der Waals surface area contributed by atoms with Crippen LogP contribution >= 0.6 is 38.9 Å². The molecule has 0 saturated heterocycles. The van der Waals surface area contributed by atoms with Crippen molar-refractivity contribution in [2.24, 2.45) is 0 Å². The molecule has 2 amide bonds. The number of hydrogen-bond donors (Lipinski definition) is 2. The molecule has 4 rings (SSSR count). The van der Waals surface area contributed by atoms with Gasteiger partial charge in [0.1, 0.15) is 5.00 Å². The maximum Gasteiger partial charge on any atom is 0.258 e. The van der Waals surface area contributed by atoms with E-state index in [9.17, 15) is 9.59 Å². The largest absolute Gasteiger partial charge is 0.322 e. The molecule has 29 heavy (non-hydrogen) atoms. The average Bonchev–Trinajstić information content (AvgIpc) is 3.07. The zero-order valence-corrected chi connectivity index (χ0v) is 18.6. The summed E-state index contributed by atoms with van der Waals surface area (Å²) in [6, 6.07) is 14.3. The third-order valence-electron chi connectivity index (χ3n) is 4.85. The number of amides is 2. The molecular weight excluding hydrogens is 472 g/mol. The predicted octanol–water partition coefficient (Wildman–Crippen LogP) is 6.55. The van der Waals surface area contributed by atoms with Crippen LogP contribution in [0.25, 0.3) is 0 Å². The van der Waals surface area contributed by atoms with Gasteiger partial charge in [0.25, 0.3) is 11.8 Å². The third kappa shape index (κ3) is 4.39. The van der Waals surface area contributed by atoms with E-state index in [4.69, 9.17) is 11.6 Å². The zero-order chi connectivity index (χ0) is 20.4. The number of halogens is 2. The van der Waals surface area contributed by atoms with E-state index in [2.05, 4.69) is 26.6 Å². The molecule has 0 spiro atoms. The van der Waals surface area contributed by atoms with Crippen molar-refractivity contribution in [1.29, 1.82) is 0 Å². The van der Waals surface area contributed by atoms with Crippen LogP contribution in [0.1, 0.15) is 44.0 Å². The Morgan fingerprint density at radius 3 is 2.41 bits per heavy atom. The van der Waals surface area contributed by atoms with E-state index in [-0.39, 0.29) is 11.8 Å². The number of rotatable bonds is 4. The van der Waals surface area contributed by atoms with Crippen LogP contribution in [0.2, 0.25) is 5.02 Å². The summed E-state index contributed by atoms with van der Waals surface area (Å²) >= 11 is 11.1. The van der Waals surface area contributed by atoms with Crippen LogP contribution in [-0.2, 0) is 12.8 Å². The first-order chi connectivity index (χ1) is 14.0. The number of anilines is 2. The SMILES string of the molecule is O=C(Nc1sc2c(c1C(=O)Nc1ccc(Br)cc1)CCCC2)c1ccccc1Cl. The molecule has 0 unspecified atom stereocenters. The molecule has 7 heteroatoms. The first kappa shape index (κ1) is 20.1. The Bertz CT molecular complexity index is 1080. The van der Waals surface area contributed by atoms with Crippen LogP contribution in [0, 0.1) is 0 Å². The molecule has 1 aliphatic rings. The van der Waals surface area contributed by atoms with Crippen LogP contribution in [0.3, 0.4) is 0 Å². The van der Waals surface area contributed by atoms with Crippen molar-refractivity contribution < 1.29 is 9.59 Å². The number of carbonyl (C=O) groups is 2. The normalized spacial score (nSPS) is 12.9. The lowest BCUT2D eigenvalue weighted by molar-refractivity contribution is 0.102. The summed E-state index contributed by atoms with van der Waals surface area (Å²) in [6.45, 7) is 0. The zero-order valence-electron chi connectivity index (χ0n) is 15.4. The fourth-order valence-corrected chi connectivity index (χ4v) is 5.20. The Labute approximate surface area is 186 Å². The smallest absolute Gasteiger partial charge is 0.258 e. The summed E-state index contributed by atoms with van der Waals surface area (Å²) < 4.78 is 0.941. The molecule has 0 radical (unpaired) electrons. The summed E-state index contributed by atoms with van der Waals surface area (Å²) in [7, 11) is 0. The van der Waals surface area contributed by atoms with E-state index in [1.54, 1.807) is 24.3 Å². The first-order valence-electron chi connectivity index (χ1n) is 9.30. The number of thiophene rings is 1. The highest BCUT2D eigenvalue weighted by Gasteiger charge is 2.27. The molecule has 1 aromatic heterocycles. The van der Waals surface area contributed by atoms with Gasteiger partial charge in [-0.1, -0.05) is 39.7 Å². The second-order valence-corrected chi connectivity index (χ2v) is 9.24. The molecule has 1 aliphatic carbocycles. The van der Waals surface area contributed by atoms with Gasteiger partial charge in [-0.15, -0.1) is 11.3 Å². The summed E-state index contributed by atoms with van der Waals surface area (Å²) in [5.41, 5.74) is 2.70. The lowest BCUT2D eigenvalue weighted by atomic mass is 9.95. The number of nitrogens with one attached hydrogen (secondary N) is 2. The second kappa shape index (κ2) is 8.69. The number of benzene rings is 2. The van der Waals surface area contributed by atoms with Crippen LogP contribution in [-0.4, -0.2) is 11.8 Å². The van der Waals surface area contributed by atoms with Gasteiger partial charge in [-0.3, -0.25) is 9.59 Å². The maximum atomic E-state index is 13.1. The van der Waals surface area contributed by atoms with E-state index in [0.29, 0.717) is 26.8 Å². The van der Waals surface area contributed by atoms with Crippen LogP contribution < -0.4 is 10.6 Å². The maximum absolute atomic E-state index is 13.1. The molecular formula is C22H18BrClN2O2S. The lowest BCUT2D eigenvalue weighted by Gasteiger charge is -2.13. The molecule has 0 aliphatic heterocycles. The highest BCUT2D eigenvalue weighted by Crippen LogP contribution is 2.39. The first-order valence-corrected chi connectivity index (χ1v) is 11.3. The van der Waals surface area contributed by atoms with E-state index in [1.807, 2.05) is 24.3 Å². The topological polar surface area (TPSA) is 58.2 Å². The average molecular weight is 490 g/mol. The summed E-state index contributed by atoms with van der Waals surface area (Å²) in [6.07, 6.45) is 3.91. The quantitative estimate of drug-likeness (QED) is 0.437. The van der Waals surface area contributed by atoms with Gasteiger partial charge in [0.2, 0.25) is 0 Å². The van der Waals surface area contributed by atoms with Crippen molar-refractivity contribution in [2.45, 2.75) is 25.7 Å². The van der Waals surface area contributed by atoms with Crippen molar-refractivity contribution in [3.05, 3.63) is 79.6 Å². The van der Waals surface area contributed by atoms with Crippen molar-refractivity contribution in [3.63, 3.8) is 0 Å². The summed E-state index contributed by atoms with van der Waals surface area (Å²) in [4.78, 5) is 27.1. The van der Waals surface area contributed by atoms with Gasteiger partial charge in [0, 0.05) is 15.0 Å². The summed E-state index contributed by atoms with van der Waals surface area (Å²) in [5, 5.41) is 6.85. The molecule has 0 fully saturated rings. The Hall–Kier alpha value is -2.15. The van der Waals surface area contributed by atoms with Gasteiger partial charge < -0.3 is 10.6 Å². The molecule has 3 aromatic rings. The van der Waals surface area contributed by atoms with Gasteiger partial charge in [-0.05, 0) is 67.6 Å². The minimum atomic E-state index is -0.313. The van der Waals surface area contributed by atoms with Gasteiger partial charge in [-0.2, -0.15) is 0 Å². The van der Waals surface area contributed by atoms with Crippen LogP contribution in [0.5, 0.6) is 0 Å². The standard InChI is InChI=1S/C22H18BrClN2O2S/c23-13-9-11-14(12-10-13)25-21(28)19-16-6-2-4-8-18(16)29-22(19)26-20(27)15-5-1-3-7-17(15)24/h1,3,5,7,9-12H,2,4,6,8H2,(H,25,28)(H,26,27). The second-order valence-electron chi connectivity index (χ2n) is 6.81. The van der Waals surface area contributed by atoms with Gasteiger partial charge in [0.05, 0.1) is 16.1 Å². The molecule has 1 heterocycles.